The van der Waals surface area contributed by atoms with Gasteiger partial charge in [0.15, 0.2) is 0 Å². The number of hydrogen-bond acceptors (Lipinski definition) is 2. The molecule has 0 bridgehead atoms. The molecule has 4 heteroatoms. The molecule has 0 aliphatic heterocycles. The van der Waals surface area contributed by atoms with E-state index in [4.69, 9.17) is 0 Å². The van der Waals surface area contributed by atoms with E-state index >= 15 is 0 Å². The van der Waals surface area contributed by atoms with E-state index in [0.29, 0.717) is 4.95 Å². The molecule has 0 aromatic carbocycles. The molecule has 24 heavy (non-hydrogen) atoms. The second-order valence-electron chi connectivity index (χ2n) is 6.69. The van der Waals surface area contributed by atoms with E-state index in [1.54, 1.807) is 6.20 Å². The Morgan fingerprint density at radius 3 is 2.04 bits per heavy atom. The highest BCUT2D eigenvalue weighted by atomic mass is 79.9. The van der Waals surface area contributed by atoms with Crippen molar-refractivity contribution >= 4 is 15.9 Å². The van der Waals surface area contributed by atoms with Crippen LogP contribution >= 0.6 is 15.9 Å². The van der Waals surface area contributed by atoms with E-state index < -0.39 is 0 Å². The van der Waals surface area contributed by atoms with Crippen molar-refractivity contribution in [2.45, 2.75) is 102 Å². The lowest BCUT2D eigenvalue weighted by Crippen LogP contribution is -2.02. The predicted molar refractivity (Wildman–Crippen MR) is 107 cm³/mol. The Bertz CT molecular complexity index is 390. The Morgan fingerprint density at radius 1 is 0.875 bits per heavy atom. The zero-order valence-corrected chi connectivity index (χ0v) is 17.1. The van der Waals surface area contributed by atoms with Crippen LogP contribution in [0.2, 0.25) is 0 Å². The van der Waals surface area contributed by atoms with E-state index in [2.05, 4.69) is 45.3 Å². The van der Waals surface area contributed by atoms with Crippen LogP contribution in [-0.2, 0) is 0 Å². The van der Waals surface area contributed by atoms with Crippen molar-refractivity contribution in [3.63, 3.8) is 0 Å². The third kappa shape index (κ3) is 11.8. The molecule has 0 aliphatic carbocycles. The number of allylic oxidation sites excluding steroid dienone is 2. The molecule has 3 nitrogen and oxygen atoms in total. The van der Waals surface area contributed by atoms with Gasteiger partial charge in [0.1, 0.15) is 4.95 Å². The SMILES string of the molecule is CCCCCCCC/C=C\CCCCCCCC(Br)n1ccnn1. The average molecular weight is 398 g/mol. The first kappa shape index (κ1) is 21.4. The van der Waals surface area contributed by atoms with Gasteiger partial charge in [-0.15, -0.1) is 5.10 Å². The second kappa shape index (κ2) is 15.9. The molecule has 0 saturated heterocycles. The molecule has 1 aromatic rings. The van der Waals surface area contributed by atoms with Gasteiger partial charge in [-0.2, -0.15) is 0 Å². The van der Waals surface area contributed by atoms with Crippen molar-refractivity contribution in [1.82, 2.24) is 15.0 Å². The van der Waals surface area contributed by atoms with E-state index in [-0.39, 0.29) is 0 Å². The van der Waals surface area contributed by atoms with Crippen LogP contribution in [-0.4, -0.2) is 15.0 Å². The van der Waals surface area contributed by atoms with Gasteiger partial charge in [-0.1, -0.05) is 98.0 Å². The van der Waals surface area contributed by atoms with Crippen LogP contribution in [0.15, 0.2) is 24.5 Å². The van der Waals surface area contributed by atoms with Gasteiger partial charge in [-0.3, -0.25) is 0 Å². The van der Waals surface area contributed by atoms with Crippen LogP contribution < -0.4 is 0 Å². The molecule has 0 aliphatic rings. The molecule has 1 unspecified atom stereocenters. The van der Waals surface area contributed by atoms with Crippen molar-refractivity contribution in [3.05, 3.63) is 24.5 Å². The molecular formula is C20H36BrN3. The van der Waals surface area contributed by atoms with Gasteiger partial charge < -0.3 is 0 Å². The minimum absolute atomic E-state index is 0.296. The summed E-state index contributed by atoms with van der Waals surface area (Å²) < 4.78 is 1.88. The van der Waals surface area contributed by atoms with Crippen LogP contribution in [0.1, 0.15) is 102 Å². The number of halogens is 1. The Labute approximate surface area is 157 Å². The Morgan fingerprint density at radius 2 is 1.46 bits per heavy atom. The molecule has 0 N–H and O–H groups in total. The normalized spacial score (nSPS) is 12.9. The fourth-order valence-corrected chi connectivity index (χ4v) is 3.42. The maximum absolute atomic E-state index is 4.02. The van der Waals surface area contributed by atoms with Crippen LogP contribution in [0, 0.1) is 0 Å². The van der Waals surface area contributed by atoms with Crippen LogP contribution in [0.3, 0.4) is 0 Å². The summed E-state index contributed by atoms with van der Waals surface area (Å²) in [5, 5.41) is 7.86. The lowest BCUT2D eigenvalue weighted by Gasteiger charge is -2.08. The summed E-state index contributed by atoms with van der Waals surface area (Å²) in [6, 6.07) is 0. The quantitative estimate of drug-likeness (QED) is 0.167. The van der Waals surface area contributed by atoms with Crippen molar-refractivity contribution < 1.29 is 0 Å². The number of unbranched alkanes of at least 4 members (excludes halogenated alkanes) is 11. The molecule has 1 heterocycles. The topological polar surface area (TPSA) is 30.7 Å². The predicted octanol–water partition coefficient (Wildman–Crippen LogP) is 7.21. The first-order chi connectivity index (χ1) is 11.8. The fraction of sp³-hybridized carbons (Fsp3) is 0.800. The summed E-state index contributed by atoms with van der Waals surface area (Å²) >= 11 is 3.66. The minimum atomic E-state index is 0.296. The standard InChI is InChI=1S/C20H36BrN3/c1-2-3-4-5-6-7-8-9-10-11-12-13-14-15-16-17-20(21)24-19-18-22-23-24/h9-10,18-20H,2-8,11-17H2,1H3/b10-9-. The summed E-state index contributed by atoms with van der Waals surface area (Å²) in [6.45, 7) is 2.28. The molecule has 138 valence electrons. The summed E-state index contributed by atoms with van der Waals surface area (Å²) in [5.41, 5.74) is 0. The highest BCUT2D eigenvalue weighted by Crippen LogP contribution is 2.21. The number of hydrogen-bond donors (Lipinski definition) is 0. The van der Waals surface area contributed by atoms with Crippen molar-refractivity contribution in [2.24, 2.45) is 0 Å². The molecule has 0 saturated carbocycles. The molecular weight excluding hydrogens is 362 g/mol. The third-order valence-electron chi connectivity index (χ3n) is 4.43. The molecule has 0 fully saturated rings. The summed E-state index contributed by atoms with van der Waals surface area (Å²) in [4.78, 5) is 0.296. The number of alkyl halides is 1. The first-order valence-electron chi connectivity index (χ1n) is 9.99. The van der Waals surface area contributed by atoms with E-state index in [1.165, 1.54) is 83.5 Å². The molecule has 0 spiro atoms. The van der Waals surface area contributed by atoms with Gasteiger partial charge in [0.2, 0.25) is 0 Å². The average Bonchev–Trinajstić information content (AvgIpc) is 3.13. The van der Waals surface area contributed by atoms with Gasteiger partial charge in [-0.05, 0) is 32.1 Å². The minimum Gasteiger partial charge on any atom is -0.239 e. The fourth-order valence-electron chi connectivity index (χ4n) is 2.88. The number of aromatic nitrogens is 3. The van der Waals surface area contributed by atoms with E-state index in [0.717, 1.165) is 6.42 Å². The number of nitrogens with zero attached hydrogens (tertiary/aromatic N) is 3. The highest BCUT2D eigenvalue weighted by Gasteiger charge is 2.05. The molecule has 1 atom stereocenters. The summed E-state index contributed by atoms with van der Waals surface area (Å²) in [6.07, 6.45) is 27.1. The van der Waals surface area contributed by atoms with Gasteiger partial charge >= 0.3 is 0 Å². The third-order valence-corrected chi connectivity index (χ3v) is 5.31. The van der Waals surface area contributed by atoms with Crippen LogP contribution in [0.25, 0.3) is 0 Å². The molecule has 0 radical (unpaired) electrons. The Balaban J connectivity index is 1.79. The highest BCUT2D eigenvalue weighted by molar-refractivity contribution is 9.09. The van der Waals surface area contributed by atoms with Crippen molar-refractivity contribution in [3.8, 4) is 0 Å². The van der Waals surface area contributed by atoms with Crippen LogP contribution in [0.5, 0.6) is 0 Å². The Hall–Kier alpha value is -0.640. The van der Waals surface area contributed by atoms with Crippen molar-refractivity contribution in [2.75, 3.05) is 0 Å². The zero-order valence-electron chi connectivity index (χ0n) is 15.5. The van der Waals surface area contributed by atoms with Gasteiger partial charge in [0.25, 0.3) is 0 Å². The van der Waals surface area contributed by atoms with Crippen molar-refractivity contribution in [1.29, 1.82) is 0 Å². The van der Waals surface area contributed by atoms with Gasteiger partial charge in [-0.25, -0.2) is 4.68 Å². The maximum atomic E-state index is 4.02. The largest absolute Gasteiger partial charge is 0.239 e. The molecule has 1 rings (SSSR count). The summed E-state index contributed by atoms with van der Waals surface area (Å²) in [7, 11) is 0. The van der Waals surface area contributed by atoms with Crippen LogP contribution in [0.4, 0.5) is 0 Å². The van der Waals surface area contributed by atoms with Gasteiger partial charge in [0, 0.05) is 6.20 Å². The zero-order chi connectivity index (χ0) is 17.3. The first-order valence-corrected chi connectivity index (χ1v) is 10.9. The molecule has 1 aromatic heterocycles. The monoisotopic (exact) mass is 397 g/mol. The second-order valence-corrected chi connectivity index (χ2v) is 7.75. The maximum Gasteiger partial charge on any atom is 0.108 e. The lowest BCUT2D eigenvalue weighted by molar-refractivity contribution is 0.510. The lowest BCUT2D eigenvalue weighted by atomic mass is 10.1. The Kier molecular flexibility index (Phi) is 14.1. The van der Waals surface area contributed by atoms with Gasteiger partial charge in [0.05, 0.1) is 6.20 Å². The van der Waals surface area contributed by atoms with E-state index in [9.17, 15) is 0 Å². The molecule has 0 amide bonds. The smallest absolute Gasteiger partial charge is 0.108 e. The number of rotatable bonds is 16. The summed E-state index contributed by atoms with van der Waals surface area (Å²) in [5.74, 6) is 0. The van der Waals surface area contributed by atoms with E-state index in [1.807, 2.05) is 10.9 Å².